The molecule has 0 saturated heterocycles. The minimum absolute atomic E-state index is 0.157. The van der Waals surface area contributed by atoms with E-state index in [1.807, 2.05) is 13.8 Å². The number of ether oxygens (including phenoxy) is 1. The van der Waals surface area contributed by atoms with E-state index in [0.717, 1.165) is 22.5 Å². The van der Waals surface area contributed by atoms with Crippen molar-refractivity contribution in [2.45, 2.75) is 32.6 Å². The molecule has 3 heterocycles. The Balaban J connectivity index is 1.66. The van der Waals surface area contributed by atoms with Gasteiger partial charge in [-0.3, -0.25) is 15.2 Å². The van der Waals surface area contributed by atoms with Gasteiger partial charge in [0.2, 0.25) is 5.95 Å². The number of hydrogen-bond acceptors (Lipinski definition) is 9. The number of anilines is 2. The van der Waals surface area contributed by atoms with Gasteiger partial charge in [0.15, 0.2) is 10.8 Å². The van der Waals surface area contributed by atoms with Crippen LogP contribution in [-0.4, -0.2) is 43.6 Å². The van der Waals surface area contributed by atoms with Crippen LogP contribution in [0.5, 0.6) is 0 Å². The number of esters is 1. The number of amides is 1. The number of rotatable bonds is 4. The first kappa shape index (κ1) is 19.0. The molecule has 1 aliphatic rings. The maximum atomic E-state index is 12.9. The average molecular weight is 413 g/mol. The largest absolute Gasteiger partial charge is 0.462 e. The number of aromatic amines is 1. The van der Waals surface area contributed by atoms with E-state index in [9.17, 15) is 9.59 Å². The molecule has 0 bridgehead atoms. The summed E-state index contributed by atoms with van der Waals surface area (Å²) in [5.41, 5.74) is 8.61. The van der Waals surface area contributed by atoms with Crippen molar-refractivity contribution < 1.29 is 14.3 Å². The number of nitrogens with one attached hydrogen (secondary N) is 2. The summed E-state index contributed by atoms with van der Waals surface area (Å²) in [6, 6.07) is 0. The van der Waals surface area contributed by atoms with Crippen molar-refractivity contribution in [3.63, 3.8) is 0 Å². The van der Waals surface area contributed by atoms with Gasteiger partial charge in [-0.1, -0.05) is 25.2 Å². The molecule has 0 unspecified atom stereocenters. The highest BCUT2D eigenvalue weighted by Crippen LogP contribution is 2.42. The van der Waals surface area contributed by atoms with E-state index < -0.39 is 11.9 Å². The lowest BCUT2D eigenvalue weighted by molar-refractivity contribution is 0.0531. The van der Waals surface area contributed by atoms with Crippen LogP contribution in [0.15, 0.2) is 12.4 Å². The van der Waals surface area contributed by atoms with Crippen LogP contribution in [0.3, 0.4) is 0 Å². The third-order valence-electron chi connectivity index (χ3n) is 4.61. The third kappa shape index (κ3) is 3.33. The summed E-state index contributed by atoms with van der Waals surface area (Å²) >= 11 is 1.04. The predicted octanol–water partition coefficient (Wildman–Crippen LogP) is 2.17. The molecule has 0 spiro atoms. The monoisotopic (exact) mass is 413 g/mol. The molecule has 0 aromatic carbocycles. The maximum Gasteiger partial charge on any atom is 0.350 e. The smallest absolute Gasteiger partial charge is 0.350 e. The SMILES string of the molecule is CCOC(=O)c1cnc(NC(=O)c2n[nH]c3c2C(C)(C)Cc2cnc(N)nc2-3)s1. The van der Waals surface area contributed by atoms with E-state index in [1.54, 1.807) is 13.1 Å². The van der Waals surface area contributed by atoms with E-state index in [2.05, 4.69) is 30.5 Å². The maximum absolute atomic E-state index is 12.9. The van der Waals surface area contributed by atoms with Gasteiger partial charge in [-0.25, -0.2) is 19.7 Å². The molecule has 3 aromatic rings. The lowest BCUT2D eigenvalue weighted by Gasteiger charge is -2.31. The molecule has 0 aliphatic heterocycles. The van der Waals surface area contributed by atoms with Crippen molar-refractivity contribution in [2.24, 2.45) is 0 Å². The van der Waals surface area contributed by atoms with Crippen LogP contribution in [-0.2, 0) is 16.6 Å². The number of aromatic nitrogens is 5. The number of carbonyl (C=O) groups excluding carboxylic acids is 2. The summed E-state index contributed by atoms with van der Waals surface area (Å²) in [6.07, 6.45) is 3.72. The zero-order chi connectivity index (χ0) is 20.8. The van der Waals surface area contributed by atoms with Gasteiger partial charge in [0.1, 0.15) is 4.88 Å². The van der Waals surface area contributed by atoms with Crippen molar-refractivity contribution >= 4 is 34.3 Å². The molecule has 150 valence electrons. The number of carbonyl (C=O) groups is 2. The second-order valence-corrected chi connectivity index (χ2v) is 8.22. The zero-order valence-corrected chi connectivity index (χ0v) is 16.9. The van der Waals surface area contributed by atoms with Crippen LogP contribution in [0.25, 0.3) is 11.4 Å². The minimum Gasteiger partial charge on any atom is -0.462 e. The molecule has 4 rings (SSSR count). The Morgan fingerprint density at radius 2 is 2.14 bits per heavy atom. The average Bonchev–Trinajstić information content (AvgIpc) is 3.30. The Morgan fingerprint density at radius 3 is 2.90 bits per heavy atom. The Bertz CT molecular complexity index is 1120. The van der Waals surface area contributed by atoms with Gasteiger partial charge in [-0.15, -0.1) is 0 Å². The molecule has 1 aliphatic carbocycles. The first-order valence-electron chi connectivity index (χ1n) is 8.95. The normalized spacial score (nSPS) is 14.0. The van der Waals surface area contributed by atoms with Crippen molar-refractivity contribution in [1.82, 2.24) is 25.1 Å². The molecule has 0 radical (unpaired) electrons. The molecule has 0 atom stereocenters. The Kier molecular flexibility index (Phi) is 4.53. The topological polar surface area (TPSA) is 149 Å². The van der Waals surface area contributed by atoms with E-state index in [1.165, 1.54) is 6.20 Å². The fourth-order valence-electron chi connectivity index (χ4n) is 3.45. The first-order valence-corrected chi connectivity index (χ1v) is 9.76. The lowest BCUT2D eigenvalue weighted by atomic mass is 9.73. The standard InChI is InChI=1S/C18H19N7O3S/c1-4-28-15(27)9-7-21-17(29-9)23-14(26)13-10-12(24-25-13)11-8(5-18(10,2)3)6-20-16(19)22-11/h6-7H,4-5H2,1-3H3,(H,24,25)(H2,19,20,22)(H,21,23,26). The van der Waals surface area contributed by atoms with Crippen molar-refractivity contribution in [3.8, 4) is 11.4 Å². The van der Waals surface area contributed by atoms with E-state index in [4.69, 9.17) is 10.5 Å². The molecule has 11 heteroatoms. The number of nitrogen functional groups attached to an aromatic ring is 1. The van der Waals surface area contributed by atoms with E-state index >= 15 is 0 Å². The van der Waals surface area contributed by atoms with Crippen LogP contribution >= 0.6 is 11.3 Å². The summed E-state index contributed by atoms with van der Waals surface area (Å²) in [4.78, 5) is 37.5. The van der Waals surface area contributed by atoms with Gasteiger partial charge < -0.3 is 10.5 Å². The van der Waals surface area contributed by atoms with Gasteiger partial charge in [0, 0.05) is 11.8 Å². The minimum atomic E-state index is -0.474. The molecule has 0 fully saturated rings. The number of thiazole rings is 1. The number of fused-ring (bicyclic) bond motifs is 3. The molecule has 4 N–H and O–H groups in total. The summed E-state index contributed by atoms with van der Waals surface area (Å²) in [7, 11) is 0. The predicted molar refractivity (Wildman–Crippen MR) is 107 cm³/mol. The van der Waals surface area contributed by atoms with Gasteiger partial charge in [0.05, 0.1) is 24.2 Å². The highest BCUT2D eigenvalue weighted by molar-refractivity contribution is 7.17. The molecule has 0 saturated carbocycles. The second-order valence-electron chi connectivity index (χ2n) is 7.19. The molecule has 10 nitrogen and oxygen atoms in total. The van der Waals surface area contributed by atoms with Crippen LogP contribution in [0.4, 0.5) is 11.1 Å². The number of hydrogen-bond donors (Lipinski definition) is 3. The van der Waals surface area contributed by atoms with Crippen LogP contribution in [0.2, 0.25) is 0 Å². The highest BCUT2D eigenvalue weighted by atomic mass is 32.1. The van der Waals surface area contributed by atoms with Gasteiger partial charge in [-0.05, 0) is 24.3 Å². The summed E-state index contributed by atoms with van der Waals surface area (Å²) < 4.78 is 4.94. The summed E-state index contributed by atoms with van der Waals surface area (Å²) in [5, 5.41) is 10.2. The van der Waals surface area contributed by atoms with E-state index in [-0.39, 0.29) is 28.8 Å². The molecular formula is C18H19N7O3S. The molecule has 3 aromatic heterocycles. The molecule has 29 heavy (non-hydrogen) atoms. The Labute approximate surface area is 169 Å². The lowest BCUT2D eigenvalue weighted by Crippen LogP contribution is -2.29. The van der Waals surface area contributed by atoms with Crippen molar-refractivity contribution in [3.05, 3.63) is 34.1 Å². The zero-order valence-electron chi connectivity index (χ0n) is 16.1. The number of nitrogens with zero attached hydrogens (tertiary/aromatic N) is 4. The Hall–Kier alpha value is -3.34. The van der Waals surface area contributed by atoms with Crippen LogP contribution < -0.4 is 11.1 Å². The van der Waals surface area contributed by atoms with Gasteiger partial charge in [0.25, 0.3) is 5.91 Å². The van der Waals surface area contributed by atoms with Gasteiger partial charge >= 0.3 is 5.97 Å². The number of nitrogens with two attached hydrogens (primary N) is 1. The summed E-state index contributed by atoms with van der Waals surface area (Å²) in [6.45, 7) is 6.04. The Morgan fingerprint density at radius 1 is 1.34 bits per heavy atom. The van der Waals surface area contributed by atoms with Crippen molar-refractivity contribution in [1.29, 1.82) is 0 Å². The van der Waals surface area contributed by atoms with E-state index in [0.29, 0.717) is 22.7 Å². The first-order chi connectivity index (χ1) is 13.8. The van der Waals surface area contributed by atoms with Gasteiger partial charge in [-0.2, -0.15) is 5.10 Å². The van der Waals surface area contributed by atoms with Crippen molar-refractivity contribution in [2.75, 3.05) is 17.7 Å². The molecular weight excluding hydrogens is 394 g/mol. The van der Waals surface area contributed by atoms with Crippen LogP contribution in [0.1, 0.15) is 52.1 Å². The quantitative estimate of drug-likeness (QED) is 0.551. The number of H-pyrrole nitrogens is 1. The van der Waals surface area contributed by atoms with Crippen LogP contribution in [0, 0.1) is 0 Å². The fraction of sp³-hybridized carbons (Fsp3) is 0.333. The summed E-state index contributed by atoms with van der Waals surface area (Å²) in [5.74, 6) is -0.743. The molecule has 1 amide bonds. The fourth-order valence-corrected chi connectivity index (χ4v) is 4.16. The third-order valence-corrected chi connectivity index (χ3v) is 5.51. The second kappa shape index (κ2) is 6.92. The highest BCUT2D eigenvalue weighted by Gasteiger charge is 2.38.